The Labute approximate surface area is 195 Å². The lowest BCUT2D eigenvalue weighted by Crippen LogP contribution is -2.33. The lowest BCUT2D eigenvalue weighted by atomic mass is 10.1. The third kappa shape index (κ3) is 4.85. The minimum absolute atomic E-state index is 0.0594. The fourth-order valence-electron chi connectivity index (χ4n) is 3.61. The second-order valence-electron chi connectivity index (χ2n) is 7.57. The van der Waals surface area contributed by atoms with Crippen LogP contribution in [-0.4, -0.2) is 33.9 Å². The minimum Gasteiger partial charge on any atom is -0.454 e. The Bertz CT molecular complexity index is 1200. The minimum atomic E-state index is -0.551. The van der Waals surface area contributed by atoms with Gasteiger partial charge < -0.3 is 14.8 Å². The SMILES string of the molecule is O=C(CC1SC(=Nc2ccccc2)N(Cc2ccc3c(c2)OCO3)C1=O)Nc1ccccc1. The van der Waals surface area contributed by atoms with Crippen molar-refractivity contribution in [2.24, 2.45) is 4.99 Å². The summed E-state index contributed by atoms with van der Waals surface area (Å²) in [7, 11) is 0. The molecule has 33 heavy (non-hydrogen) atoms. The van der Waals surface area contributed by atoms with Crippen LogP contribution in [0, 0.1) is 0 Å². The molecule has 0 radical (unpaired) electrons. The molecule has 0 saturated carbocycles. The maximum atomic E-state index is 13.3. The molecule has 2 amide bonds. The Morgan fingerprint density at radius 2 is 1.73 bits per heavy atom. The van der Waals surface area contributed by atoms with Gasteiger partial charge in [0.15, 0.2) is 16.7 Å². The van der Waals surface area contributed by atoms with Crippen LogP contribution in [0.4, 0.5) is 11.4 Å². The Morgan fingerprint density at radius 1 is 1.00 bits per heavy atom. The largest absolute Gasteiger partial charge is 0.454 e. The van der Waals surface area contributed by atoms with E-state index in [2.05, 4.69) is 5.32 Å². The number of amides is 2. The van der Waals surface area contributed by atoms with Gasteiger partial charge in [0.2, 0.25) is 18.6 Å². The quantitative estimate of drug-likeness (QED) is 0.584. The molecule has 0 bridgehead atoms. The summed E-state index contributed by atoms with van der Waals surface area (Å²) in [4.78, 5) is 32.3. The van der Waals surface area contributed by atoms with Crippen LogP contribution in [0.15, 0.2) is 83.9 Å². The van der Waals surface area contributed by atoms with Crippen LogP contribution >= 0.6 is 11.8 Å². The van der Waals surface area contributed by atoms with E-state index >= 15 is 0 Å². The number of amidine groups is 1. The highest BCUT2D eigenvalue weighted by molar-refractivity contribution is 8.15. The fraction of sp³-hybridized carbons (Fsp3) is 0.160. The summed E-state index contributed by atoms with van der Waals surface area (Å²) in [5, 5.41) is 2.87. The third-order valence-electron chi connectivity index (χ3n) is 5.21. The first-order valence-corrected chi connectivity index (χ1v) is 11.4. The molecule has 166 valence electrons. The third-order valence-corrected chi connectivity index (χ3v) is 6.38. The van der Waals surface area contributed by atoms with Crippen molar-refractivity contribution in [2.75, 3.05) is 12.1 Å². The second kappa shape index (κ2) is 9.38. The van der Waals surface area contributed by atoms with E-state index in [-0.39, 0.29) is 25.0 Å². The van der Waals surface area contributed by atoms with Crippen LogP contribution in [-0.2, 0) is 16.1 Å². The first-order chi connectivity index (χ1) is 16.2. The molecule has 1 atom stereocenters. The van der Waals surface area contributed by atoms with Crippen LogP contribution in [0.2, 0.25) is 0 Å². The van der Waals surface area contributed by atoms with E-state index in [1.165, 1.54) is 11.8 Å². The van der Waals surface area contributed by atoms with E-state index in [9.17, 15) is 9.59 Å². The van der Waals surface area contributed by atoms with E-state index in [1.54, 1.807) is 4.90 Å². The van der Waals surface area contributed by atoms with Crippen molar-refractivity contribution in [3.8, 4) is 11.5 Å². The maximum Gasteiger partial charge on any atom is 0.242 e. The molecule has 0 spiro atoms. The van der Waals surface area contributed by atoms with Crippen LogP contribution in [0.25, 0.3) is 0 Å². The van der Waals surface area contributed by atoms with E-state index in [0.29, 0.717) is 28.9 Å². The zero-order chi connectivity index (χ0) is 22.6. The summed E-state index contributed by atoms with van der Waals surface area (Å²) in [6.07, 6.45) is 0.0594. The number of fused-ring (bicyclic) bond motifs is 1. The number of aliphatic imine (C=N–C) groups is 1. The van der Waals surface area contributed by atoms with Gasteiger partial charge in [0.1, 0.15) is 5.25 Å². The number of nitrogens with one attached hydrogen (secondary N) is 1. The summed E-state index contributed by atoms with van der Waals surface area (Å²) in [6, 6.07) is 24.3. The Hall–Kier alpha value is -3.78. The van der Waals surface area contributed by atoms with Crippen molar-refractivity contribution in [1.82, 2.24) is 4.90 Å². The number of carbonyl (C=O) groups is 2. The van der Waals surface area contributed by atoms with Gasteiger partial charge in [0, 0.05) is 12.1 Å². The van der Waals surface area contributed by atoms with Crippen molar-refractivity contribution >= 4 is 40.1 Å². The molecule has 3 aromatic rings. The van der Waals surface area contributed by atoms with Crippen LogP contribution in [0.5, 0.6) is 11.5 Å². The maximum absolute atomic E-state index is 13.3. The number of carbonyl (C=O) groups excluding carboxylic acids is 2. The molecule has 1 unspecified atom stereocenters. The monoisotopic (exact) mass is 459 g/mol. The highest BCUT2D eigenvalue weighted by Crippen LogP contribution is 2.36. The van der Waals surface area contributed by atoms with Crippen molar-refractivity contribution < 1.29 is 19.1 Å². The Morgan fingerprint density at radius 3 is 2.52 bits per heavy atom. The highest BCUT2D eigenvalue weighted by Gasteiger charge is 2.39. The Kier molecular flexibility index (Phi) is 5.99. The average Bonchev–Trinajstić information content (AvgIpc) is 3.40. The van der Waals surface area contributed by atoms with Gasteiger partial charge in [0.05, 0.1) is 12.2 Å². The number of hydrogen-bond donors (Lipinski definition) is 1. The molecule has 1 fully saturated rings. The number of anilines is 1. The molecule has 5 rings (SSSR count). The summed E-state index contributed by atoms with van der Waals surface area (Å²) < 4.78 is 10.8. The van der Waals surface area contributed by atoms with E-state index in [0.717, 1.165) is 11.3 Å². The standard InChI is InChI=1S/C25H21N3O4S/c29-23(26-18-7-3-1-4-8-18)14-22-24(30)28(25(33-22)27-19-9-5-2-6-10-19)15-17-11-12-20-21(13-17)32-16-31-20/h1-13,22H,14-16H2,(H,26,29). The molecule has 3 aromatic carbocycles. The molecular formula is C25H21N3O4S. The van der Waals surface area contributed by atoms with Gasteiger partial charge in [-0.1, -0.05) is 54.2 Å². The topological polar surface area (TPSA) is 80.2 Å². The number of para-hydroxylation sites is 2. The lowest BCUT2D eigenvalue weighted by Gasteiger charge is -2.17. The Balaban J connectivity index is 1.36. The van der Waals surface area contributed by atoms with E-state index < -0.39 is 5.25 Å². The number of rotatable bonds is 6. The molecule has 8 heteroatoms. The molecule has 2 aliphatic heterocycles. The van der Waals surface area contributed by atoms with Gasteiger partial charge in [-0.25, -0.2) is 4.99 Å². The van der Waals surface area contributed by atoms with Gasteiger partial charge in [-0.3, -0.25) is 14.5 Å². The summed E-state index contributed by atoms with van der Waals surface area (Å²) in [6.45, 7) is 0.515. The molecule has 1 saturated heterocycles. The van der Waals surface area contributed by atoms with Crippen molar-refractivity contribution in [3.63, 3.8) is 0 Å². The molecule has 7 nitrogen and oxygen atoms in total. The van der Waals surface area contributed by atoms with Gasteiger partial charge >= 0.3 is 0 Å². The van der Waals surface area contributed by atoms with Crippen LogP contribution < -0.4 is 14.8 Å². The predicted molar refractivity (Wildman–Crippen MR) is 128 cm³/mol. The number of nitrogens with zero attached hydrogens (tertiary/aromatic N) is 2. The van der Waals surface area contributed by atoms with Gasteiger partial charge in [-0.2, -0.15) is 0 Å². The van der Waals surface area contributed by atoms with Crippen LogP contribution in [0.1, 0.15) is 12.0 Å². The van der Waals surface area contributed by atoms with Gasteiger partial charge in [-0.05, 0) is 42.0 Å². The van der Waals surface area contributed by atoms with Gasteiger partial charge in [-0.15, -0.1) is 0 Å². The molecule has 2 aliphatic rings. The molecule has 2 heterocycles. The average molecular weight is 460 g/mol. The van der Waals surface area contributed by atoms with Gasteiger partial charge in [0.25, 0.3) is 0 Å². The van der Waals surface area contributed by atoms with E-state index in [1.807, 2.05) is 78.9 Å². The van der Waals surface area contributed by atoms with E-state index in [4.69, 9.17) is 14.5 Å². The highest BCUT2D eigenvalue weighted by atomic mass is 32.2. The smallest absolute Gasteiger partial charge is 0.242 e. The zero-order valence-corrected chi connectivity index (χ0v) is 18.5. The second-order valence-corrected chi connectivity index (χ2v) is 8.74. The summed E-state index contributed by atoms with van der Waals surface area (Å²) in [5.74, 6) is 0.994. The fourth-order valence-corrected chi connectivity index (χ4v) is 4.76. The van der Waals surface area contributed by atoms with Crippen molar-refractivity contribution in [1.29, 1.82) is 0 Å². The first kappa shape index (κ1) is 21.1. The predicted octanol–water partition coefficient (Wildman–Crippen LogP) is 4.58. The lowest BCUT2D eigenvalue weighted by molar-refractivity contribution is -0.128. The molecular weight excluding hydrogens is 438 g/mol. The van der Waals surface area contributed by atoms with Crippen LogP contribution in [0.3, 0.4) is 0 Å². The number of hydrogen-bond acceptors (Lipinski definition) is 6. The number of thioether (sulfide) groups is 1. The molecule has 0 aromatic heterocycles. The zero-order valence-electron chi connectivity index (χ0n) is 17.6. The summed E-state index contributed by atoms with van der Waals surface area (Å²) in [5.41, 5.74) is 2.34. The summed E-state index contributed by atoms with van der Waals surface area (Å²) >= 11 is 1.31. The number of ether oxygens (including phenoxy) is 2. The molecule has 0 aliphatic carbocycles. The van der Waals surface area contributed by atoms with Crippen molar-refractivity contribution in [2.45, 2.75) is 18.2 Å². The normalized spacial score (nSPS) is 18.1. The first-order valence-electron chi connectivity index (χ1n) is 10.5. The van der Waals surface area contributed by atoms with Crippen molar-refractivity contribution in [3.05, 3.63) is 84.4 Å². The molecule has 1 N–H and O–H groups in total. The number of benzene rings is 3.